The summed E-state index contributed by atoms with van der Waals surface area (Å²) in [4.78, 5) is 11.8. The first-order valence-corrected chi connectivity index (χ1v) is 6.30. The third-order valence-corrected chi connectivity index (χ3v) is 3.71. The molecule has 0 spiro atoms. The molecule has 0 saturated heterocycles. The molecular weight excluding hydrogens is 196 g/mol. The summed E-state index contributed by atoms with van der Waals surface area (Å²) in [6.45, 7) is 4.31. The molecule has 86 valence electrons. The Kier molecular flexibility index (Phi) is 3.42. The lowest BCUT2D eigenvalue weighted by atomic mass is 9.74. The summed E-state index contributed by atoms with van der Waals surface area (Å²) in [6.07, 6.45) is 3.71. The number of rotatable bonds is 5. The molecule has 1 aromatic rings. The number of carbonyl (C=O) groups is 1. The highest BCUT2D eigenvalue weighted by Gasteiger charge is 2.27. The highest BCUT2D eigenvalue weighted by Crippen LogP contribution is 2.37. The quantitative estimate of drug-likeness (QED) is 0.733. The Morgan fingerprint density at radius 1 is 1.44 bits per heavy atom. The fraction of sp³-hybridized carbons (Fsp3) is 0.533. The molecule has 0 radical (unpaired) electrons. The summed E-state index contributed by atoms with van der Waals surface area (Å²) in [5, 5.41) is 0. The van der Waals surface area contributed by atoms with E-state index in [0.717, 1.165) is 25.7 Å². The first-order valence-electron chi connectivity index (χ1n) is 6.30. The third kappa shape index (κ3) is 2.34. The van der Waals surface area contributed by atoms with Crippen LogP contribution in [0, 0.1) is 5.92 Å². The van der Waals surface area contributed by atoms with Crippen molar-refractivity contribution in [2.45, 2.75) is 45.4 Å². The lowest BCUT2D eigenvalue weighted by molar-refractivity contribution is -0.120. The largest absolute Gasteiger partial charge is 0.300 e. The van der Waals surface area contributed by atoms with E-state index in [1.807, 2.05) is 0 Å². The van der Waals surface area contributed by atoms with Gasteiger partial charge in [-0.1, -0.05) is 44.5 Å². The zero-order chi connectivity index (χ0) is 11.5. The molecule has 0 amide bonds. The van der Waals surface area contributed by atoms with E-state index in [1.165, 1.54) is 11.1 Å². The van der Waals surface area contributed by atoms with E-state index in [9.17, 15) is 4.79 Å². The summed E-state index contributed by atoms with van der Waals surface area (Å²) in [5.41, 5.74) is 2.84. The fourth-order valence-corrected chi connectivity index (χ4v) is 2.44. The van der Waals surface area contributed by atoms with Gasteiger partial charge in [-0.25, -0.2) is 0 Å². The average Bonchev–Trinajstić information content (AvgIpc) is 2.26. The van der Waals surface area contributed by atoms with Crippen molar-refractivity contribution < 1.29 is 4.79 Å². The number of hydrogen-bond acceptors (Lipinski definition) is 1. The monoisotopic (exact) mass is 216 g/mol. The minimum atomic E-state index is 0.439. The van der Waals surface area contributed by atoms with Crippen LogP contribution in [0.15, 0.2) is 24.3 Å². The summed E-state index contributed by atoms with van der Waals surface area (Å²) >= 11 is 0. The maximum Gasteiger partial charge on any atom is 0.133 e. The predicted octanol–water partition coefficient (Wildman–Crippen LogP) is 3.72. The highest BCUT2D eigenvalue weighted by molar-refractivity contribution is 5.80. The van der Waals surface area contributed by atoms with Crippen LogP contribution in [0.5, 0.6) is 0 Å². The topological polar surface area (TPSA) is 17.1 Å². The van der Waals surface area contributed by atoms with Gasteiger partial charge in [0.2, 0.25) is 0 Å². The maximum absolute atomic E-state index is 11.8. The van der Waals surface area contributed by atoms with Gasteiger partial charge in [-0.3, -0.25) is 4.79 Å². The second-order valence-corrected chi connectivity index (χ2v) is 5.06. The molecular formula is C15H20O. The molecule has 0 saturated carbocycles. The summed E-state index contributed by atoms with van der Waals surface area (Å²) < 4.78 is 0. The molecule has 0 heterocycles. The zero-order valence-electron chi connectivity index (χ0n) is 10.2. The molecule has 1 aliphatic rings. The van der Waals surface area contributed by atoms with Crippen LogP contribution >= 0.6 is 0 Å². The molecule has 2 unspecified atom stereocenters. The van der Waals surface area contributed by atoms with E-state index in [1.54, 1.807) is 0 Å². The van der Waals surface area contributed by atoms with Gasteiger partial charge in [-0.05, 0) is 29.4 Å². The molecule has 1 heteroatoms. The van der Waals surface area contributed by atoms with E-state index in [2.05, 4.69) is 38.1 Å². The number of benzene rings is 1. The lowest BCUT2D eigenvalue weighted by Gasteiger charge is -2.29. The van der Waals surface area contributed by atoms with Crippen molar-refractivity contribution >= 4 is 5.78 Å². The van der Waals surface area contributed by atoms with Gasteiger partial charge in [0.05, 0.1) is 0 Å². The van der Waals surface area contributed by atoms with Gasteiger partial charge in [-0.2, -0.15) is 0 Å². The number of hydrogen-bond donors (Lipinski definition) is 0. The van der Waals surface area contributed by atoms with Gasteiger partial charge < -0.3 is 0 Å². The third-order valence-electron chi connectivity index (χ3n) is 3.71. The number of fused-ring (bicyclic) bond motifs is 1. The van der Waals surface area contributed by atoms with Crippen molar-refractivity contribution in [2.24, 2.45) is 5.92 Å². The van der Waals surface area contributed by atoms with E-state index in [-0.39, 0.29) is 0 Å². The summed E-state index contributed by atoms with van der Waals surface area (Å²) in [7, 11) is 0. The maximum atomic E-state index is 11.8. The van der Waals surface area contributed by atoms with Crippen molar-refractivity contribution in [3.63, 3.8) is 0 Å². The molecule has 2 rings (SSSR count). The number of carbonyl (C=O) groups excluding carboxylic acids is 1. The van der Waals surface area contributed by atoms with Crippen molar-refractivity contribution in [3.8, 4) is 0 Å². The van der Waals surface area contributed by atoms with Gasteiger partial charge in [0, 0.05) is 12.8 Å². The Hall–Kier alpha value is -1.11. The number of Topliss-reactive ketones (excluding diaryl/α,β-unsaturated/α-hetero) is 1. The normalized spacial score (nSPS) is 19.8. The second kappa shape index (κ2) is 4.82. The van der Waals surface area contributed by atoms with E-state index in [4.69, 9.17) is 0 Å². The summed E-state index contributed by atoms with van der Waals surface area (Å²) in [6, 6.07) is 8.49. The smallest absolute Gasteiger partial charge is 0.133 e. The van der Waals surface area contributed by atoms with Crippen molar-refractivity contribution in [1.29, 1.82) is 0 Å². The van der Waals surface area contributed by atoms with Crippen LogP contribution in [0.1, 0.15) is 50.2 Å². The van der Waals surface area contributed by atoms with Crippen molar-refractivity contribution in [3.05, 3.63) is 35.4 Å². The van der Waals surface area contributed by atoms with Crippen LogP contribution in [0.25, 0.3) is 0 Å². The van der Waals surface area contributed by atoms with Crippen LogP contribution in [-0.2, 0) is 11.2 Å². The molecule has 1 aliphatic carbocycles. The molecule has 1 nitrogen and oxygen atoms in total. The Balaban J connectivity index is 1.87. The Labute approximate surface area is 97.9 Å². The van der Waals surface area contributed by atoms with Crippen LogP contribution in [0.2, 0.25) is 0 Å². The Bertz CT molecular complexity index is 381. The molecule has 0 fully saturated rings. The van der Waals surface area contributed by atoms with Crippen molar-refractivity contribution in [2.75, 3.05) is 0 Å². The first-order chi connectivity index (χ1) is 7.70. The van der Waals surface area contributed by atoms with Gasteiger partial charge in [-0.15, -0.1) is 0 Å². The first kappa shape index (κ1) is 11.4. The molecule has 0 aliphatic heterocycles. The van der Waals surface area contributed by atoms with Gasteiger partial charge in [0.1, 0.15) is 5.78 Å². The van der Waals surface area contributed by atoms with Gasteiger partial charge in [0.25, 0.3) is 0 Å². The molecule has 16 heavy (non-hydrogen) atoms. The Morgan fingerprint density at radius 2 is 2.19 bits per heavy atom. The SMILES string of the molecule is CCC(C)CC(=O)CC1Cc2ccccc21. The molecule has 2 atom stereocenters. The van der Waals surface area contributed by atoms with Gasteiger partial charge in [0.15, 0.2) is 0 Å². The second-order valence-electron chi connectivity index (χ2n) is 5.06. The van der Waals surface area contributed by atoms with Crippen LogP contribution < -0.4 is 0 Å². The molecule has 0 N–H and O–H groups in total. The lowest BCUT2D eigenvalue weighted by Crippen LogP contribution is -2.20. The van der Waals surface area contributed by atoms with Crippen LogP contribution in [-0.4, -0.2) is 5.78 Å². The molecule has 1 aromatic carbocycles. The molecule has 0 aromatic heterocycles. The minimum absolute atomic E-state index is 0.439. The fourth-order valence-electron chi connectivity index (χ4n) is 2.44. The standard InChI is InChI=1S/C15H20O/c1-3-11(2)8-14(16)10-13-9-12-6-4-5-7-15(12)13/h4-7,11,13H,3,8-10H2,1-2H3. The minimum Gasteiger partial charge on any atom is -0.300 e. The Morgan fingerprint density at radius 3 is 2.88 bits per heavy atom. The average molecular weight is 216 g/mol. The summed E-state index contributed by atoms with van der Waals surface area (Å²) in [5.74, 6) is 1.49. The van der Waals surface area contributed by atoms with Crippen LogP contribution in [0.4, 0.5) is 0 Å². The van der Waals surface area contributed by atoms with E-state index < -0.39 is 0 Å². The van der Waals surface area contributed by atoms with Gasteiger partial charge >= 0.3 is 0 Å². The predicted molar refractivity (Wildman–Crippen MR) is 66.6 cm³/mol. The number of ketones is 1. The van der Waals surface area contributed by atoms with E-state index >= 15 is 0 Å². The highest BCUT2D eigenvalue weighted by atomic mass is 16.1. The van der Waals surface area contributed by atoms with Crippen LogP contribution in [0.3, 0.4) is 0 Å². The molecule has 0 bridgehead atoms. The van der Waals surface area contributed by atoms with E-state index in [0.29, 0.717) is 17.6 Å². The van der Waals surface area contributed by atoms with Crippen molar-refractivity contribution in [1.82, 2.24) is 0 Å². The zero-order valence-corrected chi connectivity index (χ0v) is 10.2.